The molecule has 18 heavy (non-hydrogen) atoms. The third-order valence-corrected chi connectivity index (χ3v) is 2.98. The van der Waals surface area contributed by atoms with Crippen LogP contribution >= 0.6 is 15.9 Å². The summed E-state index contributed by atoms with van der Waals surface area (Å²) >= 11 is 3.42. The smallest absolute Gasteiger partial charge is 0.412 e. The van der Waals surface area contributed by atoms with Crippen molar-refractivity contribution in [2.24, 2.45) is 0 Å². The normalized spacial score (nSPS) is 11.5. The van der Waals surface area contributed by atoms with Gasteiger partial charge in [-0.3, -0.25) is 5.32 Å². The van der Waals surface area contributed by atoms with Gasteiger partial charge >= 0.3 is 6.09 Å². The average Bonchev–Trinajstić information content (AvgIpc) is 2.18. The molecule has 3 nitrogen and oxygen atoms in total. The Bertz CT molecular complexity index is 436. The molecule has 0 bridgehead atoms. The number of nitrogens with one attached hydrogen (secondary N) is 1. The SMILES string of the molecule is CC(C)c1ccc(Br)c(NC(=O)OC(C)(C)C)c1. The van der Waals surface area contributed by atoms with Gasteiger partial charge in [0, 0.05) is 4.47 Å². The van der Waals surface area contributed by atoms with E-state index < -0.39 is 11.7 Å². The van der Waals surface area contributed by atoms with Crippen molar-refractivity contribution >= 4 is 27.7 Å². The summed E-state index contributed by atoms with van der Waals surface area (Å²) in [6.45, 7) is 9.74. The highest BCUT2D eigenvalue weighted by Crippen LogP contribution is 2.27. The van der Waals surface area contributed by atoms with E-state index in [1.54, 1.807) is 0 Å². The number of benzene rings is 1. The first-order valence-corrected chi connectivity index (χ1v) is 6.78. The van der Waals surface area contributed by atoms with E-state index in [0.717, 1.165) is 10.2 Å². The number of hydrogen-bond donors (Lipinski definition) is 1. The molecule has 0 radical (unpaired) electrons. The zero-order chi connectivity index (χ0) is 13.9. The molecule has 0 atom stereocenters. The summed E-state index contributed by atoms with van der Waals surface area (Å²) in [5, 5.41) is 2.75. The lowest BCUT2D eigenvalue weighted by atomic mass is 10.0. The Morgan fingerprint density at radius 1 is 1.33 bits per heavy atom. The van der Waals surface area contributed by atoms with Gasteiger partial charge in [0.25, 0.3) is 0 Å². The topological polar surface area (TPSA) is 38.3 Å². The molecule has 0 unspecified atom stereocenters. The molecule has 0 aromatic heterocycles. The molecule has 0 fully saturated rings. The largest absolute Gasteiger partial charge is 0.444 e. The molecule has 0 aliphatic heterocycles. The van der Waals surface area contributed by atoms with Crippen LogP contribution in [0.4, 0.5) is 10.5 Å². The molecule has 0 heterocycles. The Kier molecular flexibility index (Phi) is 4.79. The lowest BCUT2D eigenvalue weighted by Gasteiger charge is -2.20. The molecular formula is C14H20BrNO2. The van der Waals surface area contributed by atoms with Gasteiger partial charge in [0.1, 0.15) is 5.60 Å². The zero-order valence-corrected chi connectivity index (χ0v) is 13.1. The molecule has 0 saturated heterocycles. The monoisotopic (exact) mass is 313 g/mol. The van der Waals surface area contributed by atoms with Crippen molar-refractivity contribution in [2.75, 3.05) is 5.32 Å². The van der Waals surface area contributed by atoms with Crippen molar-refractivity contribution in [3.8, 4) is 0 Å². The maximum atomic E-state index is 11.7. The summed E-state index contributed by atoms with van der Waals surface area (Å²) in [5.74, 6) is 0.414. The predicted octanol–water partition coefficient (Wildman–Crippen LogP) is 4.92. The number of amides is 1. The molecule has 1 N–H and O–H groups in total. The van der Waals surface area contributed by atoms with Crippen molar-refractivity contribution in [2.45, 2.75) is 46.1 Å². The van der Waals surface area contributed by atoms with E-state index in [2.05, 4.69) is 35.1 Å². The zero-order valence-electron chi connectivity index (χ0n) is 11.5. The highest BCUT2D eigenvalue weighted by Gasteiger charge is 2.17. The Hall–Kier alpha value is -1.03. The number of ether oxygens (including phenoxy) is 1. The molecule has 1 aromatic carbocycles. The van der Waals surface area contributed by atoms with Gasteiger partial charge in [-0.25, -0.2) is 4.79 Å². The summed E-state index contributed by atoms with van der Waals surface area (Å²) in [5.41, 5.74) is 1.41. The van der Waals surface area contributed by atoms with Crippen molar-refractivity contribution < 1.29 is 9.53 Å². The Morgan fingerprint density at radius 3 is 2.44 bits per heavy atom. The second-order valence-corrected chi connectivity index (χ2v) is 6.38. The van der Waals surface area contributed by atoms with Gasteiger partial charge in [-0.05, 0) is 60.3 Å². The number of halogens is 1. The summed E-state index contributed by atoms with van der Waals surface area (Å²) in [7, 11) is 0. The molecule has 0 aliphatic carbocycles. The van der Waals surface area contributed by atoms with E-state index in [1.807, 2.05) is 39.0 Å². The Morgan fingerprint density at radius 2 is 1.94 bits per heavy atom. The van der Waals surface area contributed by atoms with E-state index in [1.165, 1.54) is 5.56 Å². The van der Waals surface area contributed by atoms with Crippen LogP contribution in [0, 0.1) is 0 Å². The second-order valence-electron chi connectivity index (χ2n) is 5.52. The first kappa shape index (κ1) is 15.0. The quantitative estimate of drug-likeness (QED) is 0.841. The van der Waals surface area contributed by atoms with Crippen LogP contribution in [0.3, 0.4) is 0 Å². The van der Waals surface area contributed by atoms with Gasteiger partial charge in [-0.15, -0.1) is 0 Å². The summed E-state index contributed by atoms with van der Waals surface area (Å²) in [6.07, 6.45) is -0.441. The second kappa shape index (κ2) is 5.74. The van der Waals surface area contributed by atoms with Crippen LogP contribution in [0.5, 0.6) is 0 Å². The van der Waals surface area contributed by atoms with Crippen LogP contribution in [0.15, 0.2) is 22.7 Å². The highest BCUT2D eigenvalue weighted by molar-refractivity contribution is 9.10. The minimum atomic E-state index is -0.494. The van der Waals surface area contributed by atoms with Gasteiger partial charge in [-0.2, -0.15) is 0 Å². The van der Waals surface area contributed by atoms with Crippen LogP contribution in [0.1, 0.15) is 46.1 Å². The molecule has 0 spiro atoms. The van der Waals surface area contributed by atoms with E-state index in [-0.39, 0.29) is 0 Å². The van der Waals surface area contributed by atoms with Gasteiger partial charge in [0.15, 0.2) is 0 Å². The minimum Gasteiger partial charge on any atom is -0.444 e. The number of carbonyl (C=O) groups is 1. The highest BCUT2D eigenvalue weighted by atomic mass is 79.9. The van der Waals surface area contributed by atoms with Gasteiger partial charge in [-0.1, -0.05) is 19.9 Å². The van der Waals surface area contributed by atoms with Crippen LogP contribution in [-0.4, -0.2) is 11.7 Å². The van der Waals surface area contributed by atoms with Crippen LogP contribution in [0.2, 0.25) is 0 Å². The molecule has 1 amide bonds. The Balaban J connectivity index is 2.84. The van der Waals surface area contributed by atoms with Gasteiger partial charge in [0.2, 0.25) is 0 Å². The first-order chi connectivity index (χ1) is 8.19. The molecule has 0 aliphatic rings. The van der Waals surface area contributed by atoms with E-state index >= 15 is 0 Å². The lowest BCUT2D eigenvalue weighted by Crippen LogP contribution is -2.27. The molecule has 100 valence electrons. The van der Waals surface area contributed by atoms with Crippen molar-refractivity contribution in [1.29, 1.82) is 0 Å². The molecule has 0 saturated carbocycles. The van der Waals surface area contributed by atoms with Crippen LogP contribution in [-0.2, 0) is 4.74 Å². The summed E-state index contributed by atoms with van der Waals surface area (Å²) in [4.78, 5) is 11.7. The molecule has 4 heteroatoms. The summed E-state index contributed by atoms with van der Waals surface area (Å²) in [6, 6.07) is 5.93. The van der Waals surface area contributed by atoms with Gasteiger partial charge in [0.05, 0.1) is 5.69 Å². The fourth-order valence-electron chi connectivity index (χ4n) is 1.41. The van der Waals surface area contributed by atoms with Crippen molar-refractivity contribution in [1.82, 2.24) is 0 Å². The third-order valence-electron chi connectivity index (χ3n) is 2.29. The lowest BCUT2D eigenvalue weighted by molar-refractivity contribution is 0.0636. The number of anilines is 1. The van der Waals surface area contributed by atoms with Crippen molar-refractivity contribution in [3.05, 3.63) is 28.2 Å². The van der Waals surface area contributed by atoms with Crippen molar-refractivity contribution in [3.63, 3.8) is 0 Å². The maximum Gasteiger partial charge on any atom is 0.412 e. The third kappa shape index (κ3) is 4.69. The van der Waals surface area contributed by atoms with Crippen LogP contribution < -0.4 is 5.32 Å². The molecule has 1 aromatic rings. The first-order valence-electron chi connectivity index (χ1n) is 5.98. The number of rotatable bonds is 2. The van der Waals surface area contributed by atoms with E-state index in [0.29, 0.717) is 5.92 Å². The van der Waals surface area contributed by atoms with E-state index in [4.69, 9.17) is 4.74 Å². The Labute approximate surface area is 117 Å². The van der Waals surface area contributed by atoms with Crippen LogP contribution in [0.25, 0.3) is 0 Å². The molecule has 1 rings (SSSR count). The average molecular weight is 314 g/mol. The number of hydrogen-bond acceptors (Lipinski definition) is 2. The standard InChI is InChI=1S/C14H20BrNO2/c1-9(2)10-6-7-11(15)12(8-10)16-13(17)18-14(3,4)5/h6-9H,1-5H3,(H,16,17). The maximum absolute atomic E-state index is 11.7. The summed E-state index contributed by atoms with van der Waals surface area (Å²) < 4.78 is 6.07. The van der Waals surface area contributed by atoms with Gasteiger partial charge < -0.3 is 4.74 Å². The molecular weight excluding hydrogens is 294 g/mol. The fraction of sp³-hybridized carbons (Fsp3) is 0.500. The predicted molar refractivity (Wildman–Crippen MR) is 78.1 cm³/mol. The minimum absolute atomic E-state index is 0.414. The van der Waals surface area contributed by atoms with E-state index in [9.17, 15) is 4.79 Å². The fourth-order valence-corrected chi connectivity index (χ4v) is 1.76. The number of carbonyl (C=O) groups excluding carboxylic acids is 1.